The Kier molecular flexibility index (Phi) is 8.50. The number of guanidine groups is 1. The topological polar surface area (TPSA) is 211 Å². The highest BCUT2D eigenvalue weighted by Gasteiger charge is 2.79. The van der Waals surface area contributed by atoms with Gasteiger partial charge in [-0.25, -0.2) is 9.79 Å². The van der Waals surface area contributed by atoms with Crippen LogP contribution in [-0.2, 0) is 62.0 Å². The fourth-order valence-electron chi connectivity index (χ4n) is 5.17. The van der Waals surface area contributed by atoms with Crippen LogP contribution >= 0.6 is 0 Å². The first kappa shape index (κ1) is 30.0. The number of amides is 2. The molecule has 2 amide bonds. The van der Waals surface area contributed by atoms with Crippen molar-refractivity contribution < 1.29 is 62.0 Å². The molecule has 2 N–H and O–H groups in total. The molecule has 40 heavy (non-hydrogen) atoms. The van der Waals surface area contributed by atoms with Crippen molar-refractivity contribution in [2.75, 3.05) is 6.61 Å². The second-order valence-electron chi connectivity index (χ2n) is 9.33. The molecule has 0 aromatic heterocycles. The van der Waals surface area contributed by atoms with E-state index in [2.05, 4.69) is 15.6 Å². The molecule has 2 aliphatic heterocycles. The van der Waals surface area contributed by atoms with Gasteiger partial charge < -0.3 is 28.4 Å². The summed E-state index contributed by atoms with van der Waals surface area (Å²) in [6.45, 7) is 5.70. The van der Waals surface area contributed by atoms with E-state index < -0.39 is 95.7 Å². The van der Waals surface area contributed by atoms with Gasteiger partial charge in [0.2, 0.25) is 29.5 Å². The number of ether oxygens (including phenoxy) is 6. The Labute approximate surface area is 227 Å². The minimum Gasteiger partial charge on any atom is -0.493 e. The number of aliphatic imine (C=N–C) groups is 1. The number of hydrogen-bond donors (Lipinski definition) is 2. The van der Waals surface area contributed by atoms with Crippen molar-refractivity contribution in [3.63, 3.8) is 0 Å². The molecular formula is C24H29N3O13. The van der Waals surface area contributed by atoms with Crippen molar-refractivity contribution in [2.24, 2.45) is 10.9 Å². The monoisotopic (exact) mass is 567 g/mol. The van der Waals surface area contributed by atoms with E-state index in [0.717, 1.165) is 41.5 Å². The number of fused-ring (bicyclic) bond motifs is 4. The molecule has 1 saturated carbocycles. The first-order valence-corrected chi connectivity index (χ1v) is 12.0. The number of esters is 5. The van der Waals surface area contributed by atoms with Crippen LogP contribution in [0, 0.1) is 5.92 Å². The zero-order valence-electron chi connectivity index (χ0n) is 22.5. The van der Waals surface area contributed by atoms with Gasteiger partial charge in [-0.05, 0) is 6.08 Å². The summed E-state index contributed by atoms with van der Waals surface area (Å²) < 4.78 is 33.2. The zero-order chi connectivity index (χ0) is 30.0. The van der Waals surface area contributed by atoms with Crippen LogP contribution in [0.5, 0.6) is 0 Å². The van der Waals surface area contributed by atoms with Gasteiger partial charge in [-0.3, -0.25) is 39.4 Å². The van der Waals surface area contributed by atoms with Gasteiger partial charge in [-0.2, -0.15) is 0 Å². The van der Waals surface area contributed by atoms with Crippen LogP contribution < -0.4 is 10.6 Å². The Bertz CT molecular complexity index is 1180. The summed E-state index contributed by atoms with van der Waals surface area (Å²) in [7, 11) is 0. The van der Waals surface area contributed by atoms with Crippen molar-refractivity contribution >= 4 is 47.6 Å². The summed E-state index contributed by atoms with van der Waals surface area (Å²) in [6, 6.07) is 0. The fourth-order valence-corrected chi connectivity index (χ4v) is 5.17. The van der Waals surface area contributed by atoms with Crippen LogP contribution in [0.4, 0.5) is 0 Å². The van der Waals surface area contributed by atoms with Crippen molar-refractivity contribution in [1.82, 2.24) is 10.6 Å². The van der Waals surface area contributed by atoms with Crippen LogP contribution in [0.1, 0.15) is 41.5 Å². The minimum atomic E-state index is -2.17. The molecule has 0 aromatic carbocycles. The van der Waals surface area contributed by atoms with Crippen LogP contribution in [0.15, 0.2) is 17.3 Å². The molecule has 0 spiro atoms. The summed E-state index contributed by atoms with van der Waals surface area (Å²) in [5, 5.41) is 4.64. The molecule has 16 nitrogen and oxygen atoms in total. The molecule has 16 heteroatoms. The van der Waals surface area contributed by atoms with Gasteiger partial charge in [0.1, 0.15) is 6.61 Å². The number of rotatable bonds is 6. The van der Waals surface area contributed by atoms with Gasteiger partial charge >= 0.3 is 29.8 Å². The number of carbonyl (C=O) groups is 7. The van der Waals surface area contributed by atoms with E-state index in [0.29, 0.717) is 0 Å². The highest BCUT2D eigenvalue weighted by molar-refractivity contribution is 6.04. The molecule has 3 rings (SSSR count). The largest absolute Gasteiger partial charge is 0.493 e. The molecule has 7 atom stereocenters. The Morgan fingerprint density at radius 2 is 1.48 bits per heavy atom. The quantitative estimate of drug-likeness (QED) is 0.163. The molecule has 1 aliphatic carbocycles. The molecule has 1 saturated heterocycles. The predicted molar refractivity (Wildman–Crippen MR) is 127 cm³/mol. The highest BCUT2D eigenvalue weighted by Crippen LogP contribution is 2.55. The van der Waals surface area contributed by atoms with E-state index in [9.17, 15) is 33.6 Å². The average Bonchev–Trinajstić information content (AvgIpc) is 3.29. The van der Waals surface area contributed by atoms with Crippen molar-refractivity contribution in [1.29, 1.82) is 0 Å². The van der Waals surface area contributed by atoms with Crippen LogP contribution in [0.2, 0.25) is 0 Å². The molecule has 2 heterocycles. The Morgan fingerprint density at radius 3 is 1.98 bits per heavy atom. The Hall–Kier alpha value is -4.50. The van der Waals surface area contributed by atoms with Gasteiger partial charge in [0.15, 0.2) is 23.9 Å². The lowest BCUT2D eigenvalue weighted by atomic mass is 9.58. The summed E-state index contributed by atoms with van der Waals surface area (Å²) in [5.41, 5.74) is -4.26. The molecular weight excluding hydrogens is 538 g/mol. The van der Waals surface area contributed by atoms with E-state index in [1.54, 1.807) is 0 Å². The lowest BCUT2D eigenvalue weighted by molar-refractivity contribution is -0.294. The summed E-state index contributed by atoms with van der Waals surface area (Å²) in [4.78, 5) is 90.7. The van der Waals surface area contributed by atoms with Crippen molar-refractivity contribution in [2.45, 2.75) is 77.1 Å². The van der Waals surface area contributed by atoms with Crippen LogP contribution in [-0.4, -0.2) is 89.8 Å². The fraction of sp³-hybridized carbons (Fsp3) is 0.583. The summed E-state index contributed by atoms with van der Waals surface area (Å²) in [5.74, 6) is -7.83. The second-order valence-corrected chi connectivity index (χ2v) is 9.33. The van der Waals surface area contributed by atoms with Gasteiger partial charge in [0.05, 0.1) is 12.2 Å². The number of carbonyl (C=O) groups excluding carboxylic acids is 7. The third-order valence-electron chi connectivity index (χ3n) is 6.25. The molecule has 218 valence electrons. The van der Waals surface area contributed by atoms with E-state index in [1.165, 1.54) is 12.3 Å². The van der Waals surface area contributed by atoms with Gasteiger partial charge in [-0.1, -0.05) is 0 Å². The van der Waals surface area contributed by atoms with Crippen LogP contribution in [0.25, 0.3) is 0 Å². The van der Waals surface area contributed by atoms with E-state index >= 15 is 0 Å². The smallest absolute Gasteiger partial charge is 0.350 e. The van der Waals surface area contributed by atoms with Crippen molar-refractivity contribution in [3.05, 3.63) is 12.3 Å². The highest BCUT2D eigenvalue weighted by atomic mass is 16.7. The molecule has 0 aromatic rings. The lowest BCUT2D eigenvalue weighted by Gasteiger charge is -2.59. The zero-order valence-corrected chi connectivity index (χ0v) is 22.5. The molecule has 3 aliphatic rings. The lowest BCUT2D eigenvalue weighted by Crippen LogP contribution is -2.82. The maximum absolute atomic E-state index is 13.5. The van der Waals surface area contributed by atoms with E-state index in [4.69, 9.17) is 28.4 Å². The SMILES string of the molecule is CC(=O)NC(=NC12C3C=COC3C(COC(C)=O)(OC(C)=O)C(OC(=O)[C@H]1OC(C)=O)C2OC(C)=O)NC(C)=O. The normalized spacial score (nSPS) is 31.2. The maximum Gasteiger partial charge on any atom is 0.350 e. The summed E-state index contributed by atoms with van der Waals surface area (Å²) in [6.07, 6.45) is -4.17. The molecule has 0 radical (unpaired) electrons. The minimum absolute atomic E-state index is 0.484. The molecule has 2 bridgehead atoms. The first-order valence-electron chi connectivity index (χ1n) is 12.0. The van der Waals surface area contributed by atoms with E-state index in [-0.39, 0.29) is 0 Å². The summed E-state index contributed by atoms with van der Waals surface area (Å²) >= 11 is 0. The molecule has 6 unspecified atom stereocenters. The first-order chi connectivity index (χ1) is 18.6. The van der Waals surface area contributed by atoms with Gasteiger partial charge in [-0.15, -0.1) is 0 Å². The number of nitrogens with one attached hydrogen (secondary N) is 2. The molecule has 2 fully saturated rings. The van der Waals surface area contributed by atoms with Crippen LogP contribution in [0.3, 0.4) is 0 Å². The van der Waals surface area contributed by atoms with Crippen molar-refractivity contribution in [3.8, 4) is 0 Å². The Morgan fingerprint density at radius 1 is 0.875 bits per heavy atom. The van der Waals surface area contributed by atoms with E-state index in [1.807, 2.05) is 0 Å². The van der Waals surface area contributed by atoms with Gasteiger partial charge in [0.25, 0.3) is 0 Å². The van der Waals surface area contributed by atoms with Gasteiger partial charge in [0, 0.05) is 41.5 Å². The second kappa shape index (κ2) is 11.3. The number of nitrogens with zero attached hydrogens (tertiary/aromatic N) is 1. The predicted octanol–water partition coefficient (Wildman–Crippen LogP) is -1.45. The Balaban J connectivity index is 2.42. The third-order valence-corrected chi connectivity index (χ3v) is 6.25. The standard InChI is InChI=1S/C24H29N3O13/c1-10(28)25-22(26-11(2)29)27-24-16-7-8-35-17(16)23(40-15(6)33,9-36-12(3)30)18(19(24)37-13(4)31)39-21(34)20(24)38-14(5)32/h7-8,16-20H,9H2,1-6H3,(H2,25,26,27,28,29)/t16?,17?,18?,19?,20-,23?,24?/m1/s1. The number of hydrogen-bond acceptors (Lipinski definition) is 14. The third kappa shape index (κ3) is 5.60. The maximum atomic E-state index is 13.5. The average molecular weight is 568 g/mol.